The van der Waals surface area contributed by atoms with Gasteiger partial charge in [-0.2, -0.15) is 11.8 Å². The van der Waals surface area contributed by atoms with Crippen LogP contribution < -0.4 is 5.32 Å². The molecule has 0 aliphatic heterocycles. The predicted octanol–water partition coefficient (Wildman–Crippen LogP) is 3.43. The molecule has 1 unspecified atom stereocenters. The quantitative estimate of drug-likeness (QED) is 0.640. The van der Waals surface area contributed by atoms with E-state index in [4.69, 9.17) is 4.74 Å². The number of aliphatic hydroxyl groups excluding tert-OH is 1. The highest BCUT2D eigenvalue weighted by Gasteiger charge is 2.36. The maximum atomic E-state index is 11.8. The average Bonchev–Trinajstić information content (AvgIpc) is 3.18. The number of thioether (sulfide) groups is 1. The molecule has 1 aliphatic carbocycles. The second-order valence-electron chi connectivity index (χ2n) is 7.26. The first-order valence-corrected chi connectivity index (χ1v) is 9.26. The lowest BCUT2D eigenvalue weighted by Crippen LogP contribution is -2.42. The molecule has 4 nitrogen and oxygen atoms in total. The van der Waals surface area contributed by atoms with E-state index in [2.05, 4.69) is 11.6 Å². The summed E-state index contributed by atoms with van der Waals surface area (Å²) >= 11 is 1.83. The molecule has 21 heavy (non-hydrogen) atoms. The highest BCUT2D eigenvalue weighted by Crippen LogP contribution is 2.42. The molecule has 0 bridgehead atoms. The molecule has 124 valence electrons. The van der Waals surface area contributed by atoms with Gasteiger partial charge in [-0.05, 0) is 58.0 Å². The van der Waals surface area contributed by atoms with Gasteiger partial charge in [-0.25, -0.2) is 4.79 Å². The summed E-state index contributed by atoms with van der Waals surface area (Å²) in [6.07, 6.45) is 7.27. The van der Waals surface area contributed by atoms with Crippen molar-refractivity contribution in [2.24, 2.45) is 11.3 Å². The van der Waals surface area contributed by atoms with Gasteiger partial charge >= 0.3 is 6.09 Å². The molecule has 1 atom stereocenters. The van der Waals surface area contributed by atoms with Crippen LogP contribution in [-0.2, 0) is 4.74 Å². The van der Waals surface area contributed by atoms with E-state index < -0.39 is 5.60 Å². The van der Waals surface area contributed by atoms with Crippen molar-refractivity contribution in [2.45, 2.75) is 58.5 Å². The van der Waals surface area contributed by atoms with Crippen molar-refractivity contribution in [1.29, 1.82) is 0 Å². The minimum Gasteiger partial charge on any atom is -0.444 e. The molecule has 0 aromatic carbocycles. The third kappa shape index (κ3) is 7.96. The van der Waals surface area contributed by atoms with Gasteiger partial charge in [0.25, 0.3) is 0 Å². The Morgan fingerprint density at radius 3 is 2.52 bits per heavy atom. The van der Waals surface area contributed by atoms with E-state index in [1.807, 2.05) is 32.5 Å². The Morgan fingerprint density at radius 1 is 1.38 bits per heavy atom. The summed E-state index contributed by atoms with van der Waals surface area (Å²) in [5, 5.41) is 12.8. The number of carbonyl (C=O) groups is 1. The van der Waals surface area contributed by atoms with Gasteiger partial charge in [0.1, 0.15) is 5.60 Å². The lowest BCUT2D eigenvalue weighted by Gasteiger charge is -2.33. The average molecular weight is 317 g/mol. The van der Waals surface area contributed by atoms with Gasteiger partial charge in [0, 0.05) is 12.0 Å². The molecule has 1 amide bonds. The van der Waals surface area contributed by atoms with Crippen LogP contribution in [0.4, 0.5) is 4.79 Å². The second-order valence-corrected chi connectivity index (χ2v) is 8.24. The number of hydrogen-bond acceptors (Lipinski definition) is 4. The first-order valence-electron chi connectivity index (χ1n) is 7.87. The molecule has 0 aromatic heterocycles. The number of ether oxygens (including phenoxy) is 1. The third-order valence-electron chi connectivity index (χ3n) is 3.82. The SMILES string of the molecule is CSCCCC(CO)(CNC(=O)OC(C)(C)C)CC1CC1. The van der Waals surface area contributed by atoms with E-state index in [0.717, 1.165) is 30.9 Å². The van der Waals surface area contributed by atoms with Crippen molar-refractivity contribution in [3.8, 4) is 0 Å². The predicted molar refractivity (Wildman–Crippen MR) is 88.7 cm³/mol. The Morgan fingerprint density at radius 2 is 2.05 bits per heavy atom. The van der Waals surface area contributed by atoms with E-state index in [-0.39, 0.29) is 18.1 Å². The zero-order valence-corrected chi connectivity index (χ0v) is 14.7. The van der Waals surface area contributed by atoms with Crippen molar-refractivity contribution in [1.82, 2.24) is 5.32 Å². The molecule has 1 aliphatic rings. The van der Waals surface area contributed by atoms with Gasteiger partial charge in [-0.1, -0.05) is 12.8 Å². The van der Waals surface area contributed by atoms with Crippen LogP contribution in [0.3, 0.4) is 0 Å². The van der Waals surface area contributed by atoms with E-state index in [9.17, 15) is 9.90 Å². The summed E-state index contributed by atoms with van der Waals surface area (Å²) in [6, 6.07) is 0. The molecule has 1 fully saturated rings. The fourth-order valence-electron chi connectivity index (χ4n) is 2.56. The molecule has 1 saturated carbocycles. The molecule has 2 N–H and O–H groups in total. The van der Waals surface area contributed by atoms with Gasteiger partial charge in [0.05, 0.1) is 6.61 Å². The summed E-state index contributed by atoms with van der Waals surface area (Å²) in [5.74, 6) is 1.82. The van der Waals surface area contributed by atoms with Crippen LogP contribution in [0.1, 0.15) is 52.9 Å². The van der Waals surface area contributed by atoms with E-state index in [1.54, 1.807) is 0 Å². The number of carbonyl (C=O) groups excluding carboxylic acids is 1. The van der Waals surface area contributed by atoms with Crippen LogP contribution in [0.2, 0.25) is 0 Å². The molecule has 0 heterocycles. The number of nitrogens with one attached hydrogen (secondary N) is 1. The van der Waals surface area contributed by atoms with Crippen LogP contribution in [0.5, 0.6) is 0 Å². The Bertz CT molecular complexity index is 326. The summed E-state index contributed by atoms with van der Waals surface area (Å²) in [6.45, 7) is 6.20. The number of alkyl carbamates (subject to hydrolysis) is 1. The Hall–Kier alpha value is -0.420. The van der Waals surface area contributed by atoms with Crippen molar-refractivity contribution in [3.63, 3.8) is 0 Å². The van der Waals surface area contributed by atoms with Crippen LogP contribution in [0, 0.1) is 11.3 Å². The zero-order chi connectivity index (χ0) is 15.9. The fraction of sp³-hybridized carbons (Fsp3) is 0.938. The number of aliphatic hydroxyl groups is 1. The van der Waals surface area contributed by atoms with Crippen molar-refractivity contribution >= 4 is 17.9 Å². The summed E-state index contributed by atoms with van der Waals surface area (Å²) in [7, 11) is 0. The van der Waals surface area contributed by atoms with Gasteiger partial charge in [0.2, 0.25) is 0 Å². The lowest BCUT2D eigenvalue weighted by molar-refractivity contribution is 0.0437. The highest BCUT2D eigenvalue weighted by molar-refractivity contribution is 7.98. The lowest BCUT2D eigenvalue weighted by atomic mass is 9.79. The second kappa shape index (κ2) is 8.28. The minimum atomic E-state index is -0.485. The van der Waals surface area contributed by atoms with Gasteiger partial charge in [-0.3, -0.25) is 0 Å². The summed E-state index contributed by atoms with van der Waals surface area (Å²) < 4.78 is 5.29. The summed E-state index contributed by atoms with van der Waals surface area (Å²) in [5.41, 5.74) is -0.672. The van der Waals surface area contributed by atoms with Gasteiger partial charge in [-0.15, -0.1) is 0 Å². The van der Waals surface area contributed by atoms with Crippen LogP contribution in [-0.4, -0.2) is 42.0 Å². The molecular weight excluding hydrogens is 286 g/mol. The summed E-state index contributed by atoms with van der Waals surface area (Å²) in [4.78, 5) is 11.8. The molecule has 5 heteroatoms. The normalized spacial score (nSPS) is 18.1. The molecule has 0 saturated heterocycles. The monoisotopic (exact) mass is 317 g/mol. The molecular formula is C16H31NO3S. The first kappa shape index (κ1) is 18.6. The van der Waals surface area contributed by atoms with E-state index in [1.165, 1.54) is 12.8 Å². The van der Waals surface area contributed by atoms with Crippen LogP contribution in [0.25, 0.3) is 0 Å². The number of rotatable bonds is 9. The van der Waals surface area contributed by atoms with E-state index in [0.29, 0.717) is 6.54 Å². The standard InChI is InChI=1S/C16H31NO3S/c1-15(2,3)20-14(19)17-11-16(12-18,8-5-9-21-4)10-13-6-7-13/h13,18H,5-12H2,1-4H3,(H,17,19). The molecule has 0 spiro atoms. The topological polar surface area (TPSA) is 58.6 Å². The molecule has 0 radical (unpaired) electrons. The van der Waals surface area contributed by atoms with E-state index >= 15 is 0 Å². The fourth-order valence-corrected chi connectivity index (χ4v) is 2.99. The highest BCUT2D eigenvalue weighted by atomic mass is 32.2. The third-order valence-corrected chi connectivity index (χ3v) is 4.51. The van der Waals surface area contributed by atoms with Gasteiger partial charge in [0.15, 0.2) is 0 Å². The van der Waals surface area contributed by atoms with Crippen molar-refractivity contribution in [2.75, 3.05) is 25.2 Å². The number of amides is 1. The smallest absolute Gasteiger partial charge is 0.407 e. The molecule has 0 aromatic rings. The number of hydrogen-bond donors (Lipinski definition) is 2. The van der Waals surface area contributed by atoms with Crippen LogP contribution in [0.15, 0.2) is 0 Å². The maximum Gasteiger partial charge on any atom is 0.407 e. The first-order chi connectivity index (χ1) is 9.80. The van der Waals surface area contributed by atoms with Crippen LogP contribution >= 0.6 is 11.8 Å². The maximum absolute atomic E-state index is 11.8. The Kier molecular flexibility index (Phi) is 7.34. The largest absolute Gasteiger partial charge is 0.444 e. The Balaban J connectivity index is 2.51. The van der Waals surface area contributed by atoms with Crippen molar-refractivity contribution in [3.05, 3.63) is 0 Å². The molecule has 1 rings (SSSR count). The van der Waals surface area contributed by atoms with Crippen molar-refractivity contribution < 1.29 is 14.6 Å². The minimum absolute atomic E-state index is 0.133. The Labute approximate surface area is 133 Å². The van der Waals surface area contributed by atoms with Gasteiger partial charge < -0.3 is 15.2 Å². The zero-order valence-electron chi connectivity index (χ0n) is 13.9.